The molecule has 3 N–H and O–H groups in total. The fourth-order valence-electron chi connectivity index (χ4n) is 4.95. The Labute approximate surface area is 244 Å². The van der Waals surface area contributed by atoms with Gasteiger partial charge in [0.1, 0.15) is 5.82 Å². The lowest BCUT2D eigenvalue weighted by molar-refractivity contribution is -0.121. The molecule has 4 heterocycles. The van der Waals surface area contributed by atoms with Crippen molar-refractivity contribution in [1.82, 2.24) is 30.9 Å². The molecular formula is C30H33N7O4S. The minimum absolute atomic E-state index is 0.00100. The first-order valence-corrected chi connectivity index (χ1v) is 15.5. The smallest absolute Gasteiger partial charge is 0.251 e. The highest BCUT2D eigenvalue weighted by Crippen LogP contribution is 2.23. The Morgan fingerprint density at radius 1 is 1.07 bits per heavy atom. The van der Waals surface area contributed by atoms with Gasteiger partial charge in [-0.25, -0.2) is 18.4 Å². The largest absolute Gasteiger partial charge is 0.359 e. The summed E-state index contributed by atoms with van der Waals surface area (Å²) in [6, 6.07) is 16.1. The lowest BCUT2D eigenvalue weighted by Crippen LogP contribution is -2.52. The molecule has 5 rings (SSSR count). The van der Waals surface area contributed by atoms with Gasteiger partial charge in [-0.05, 0) is 55.0 Å². The summed E-state index contributed by atoms with van der Waals surface area (Å²) >= 11 is 0. The summed E-state index contributed by atoms with van der Waals surface area (Å²) in [5.41, 5.74) is 3.60. The topological polar surface area (TPSA) is 146 Å². The molecule has 11 nitrogen and oxygen atoms in total. The maximum absolute atomic E-state index is 12.8. The summed E-state index contributed by atoms with van der Waals surface area (Å²) in [7, 11) is -1.81. The van der Waals surface area contributed by atoms with Gasteiger partial charge in [0.2, 0.25) is 5.91 Å². The Morgan fingerprint density at radius 2 is 1.88 bits per heavy atom. The number of sulfone groups is 1. The van der Waals surface area contributed by atoms with Gasteiger partial charge in [-0.1, -0.05) is 12.1 Å². The van der Waals surface area contributed by atoms with E-state index in [1.54, 1.807) is 32.3 Å². The molecule has 42 heavy (non-hydrogen) atoms. The third-order valence-corrected chi connectivity index (χ3v) is 8.44. The van der Waals surface area contributed by atoms with Crippen LogP contribution in [0.2, 0.25) is 0 Å². The molecule has 218 valence electrons. The van der Waals surface area contributed by atoms with Crippen molar-refractivity contribution in [3.8, 4) is 11.4 Å². The normalized spacial score (nSPS) is 15.4. The van der Waals surface area contributed by atoms with Crippen LogP contribution < -0.4 is 20.9 Å². The van der Waals surface area contributed by atoms with Crippen molar-refractivity contribution in [3.05, 3.63) is 77.6 Å². The summed E-state index contributed by atoms with van der Waals surface area (Å²) in [5, 5.41) is 9.74. The van der Waals surface area contributed by atoms with E-state index in [0.717, 1.165) is 36.2 Å². The number of amides is 2. The molecule has 1 unspecified atom stereocenters. The van der Waals surface area contributed by atoms with Gasteiger partial charge in [0.25, 0.3) is 5.91 Å². The number of hydrogen-bond acceptors (Lipinski definition) is 9. The molecule has 3 aromatic heterocycles. The van der Waals surface area contributed by atoms with Crippen molar-refractivity contribution in [2.24, 2.45) is 0 Å². The quantitative estimate of drug-likeness (QED) is 0.282. The van der Waals surface area contributed by atoms with Crippen LogP contribution in [0.25, 0.3) is 22.3 Å². The molecule has 1 saturated heterocycles. The number of benzene rings is 1. The number of piperazine rings is 1. The molecule has 1 atom stereocenters. The standard InChI is InChI=1S/C30H33N7O4S/c1-19-7-8-20(13-27(19)42(3,40)41)30(39)34-17-22-14-26-21(16-33-22)9-10-25(35-26)24-5-4-6-28(36-24)37-12-11-32-23(18-37)15-29(38)31-2/h4-10,13-14,16,23,32H,11-12,15,17-18H2,1-3H3,(H,31,38)(H,34,39). The predicted octanol–water partition coefficient (Wildman–Crippen LogP) is 2.25. The van der Waals surface area contributed by atoms with Gasteiger partial charge in [-0.2, -0.15) is 0 Å². The van der Waals surface area contributed by atoms with Gasteiger partial charge in [-0.15, -0.1) is 0 Å². The summed E-state index contributed by atoms with van der Waals surface area (Å²) in [4.78, 5) is 41.1. The number of aryl methyl sites for hydroxylation is 1. The van der Waals surface area contributed by atoms with Crippen molar-refractivity contribution >= 4 is 38.4 Å². The lowest BCUT2D eigenvalue weighted by atomic mass is 10.1. The van der Waals surface area contributed by atoms with Gasteiger partial charge in [0.05, 0.1) is 34.0 Å². The molecule has 1 aliphatic rings. The number of anilines is 1. The van der Waals surface area contributed by atoms with Crippen molar-refractivity contribution in [2.75, 3.05) is 37.8 Å². The molecule has 0 radical (unpaired) electrons. The first-order chi connectivity index (χ1) is 20.1. The third kappa shape index (κ3) is 6.72. The van der Waals surface area contributed by atoms with E-state index < -0.39 is 15.7 Å². The monoisotopic (exact) mass is 587 g/mol. The molecule has 1 fully saturated rings. The van der Waals surface area contributed by atoms with E-state index in [9.17, 15) is 18.0 Å². The summed E-state index contributed by atoms with van der Waals surface area (Å²) < 4.78 is 24.1. The average molecular weight is 588 g/mol. The van der Waals surface area contributed by atoms with E-state index >= 15 is 0 Å². The zero-order chi connectivity index (χ0) is 29.9. The number of carbonyl (C=O) groups excluding carboxylic acids is 2. The van der Waals surface area contributed by atoms with Crippen LogP contribution in [0.5, 0.6) is 0 Å². The highest BCUT2D eigenvalue weighted by molar-refractivity contribution is 7.90. The first-order valence-electron chi connectivity index (χ1n) is 13.6. The number of nitrogens with one attached hydrogen (secondary N) is 3. The molecule has 12 heteroatoms. The third-order valence-electron chi connectivity index (χ3n) is 7.20. The Balaban J connectivity index is 1.31. The van der Waals surface area contributed by atoms with Gasteiger partial charge in [-0.3, -0.25) is 14.6 Å². The molecule has 0 spiro atoms. The maximum atomic E-state index is 12.8. The van der Waals surface area contributed by atoms with Crippen LogP contribution in [0.15, 0.2) is 65.7 Å². The highest BCUT2D eigenvalue weighted by atomic mass is 32.2. The molecule has 1 aromatic carbocycles. The van der Waals surface area contributed by atoms with E-state index in [1.165, 1.54) is 6.07 Å². The van der Waals surface area contributed by atoms with Gasteiger partial charge in [0.15, 0.2) is 9.84 Å². The Hall–Kier alpha value is -4.42. The Kier molecular flexibility index (Phi) is 8.46. The van der Waals surface area contributed by atoms with E-state index in [2.05, 4.69) is 25.8 Å². The van der Waals surface area contributed by atoms with Gasteiger partial charge < -0.3 is 20.9 Å². The van der Waals surface area contributed by atoms with E-state index in [0.29, 0.717) is 35.4 Å². The summed E-state index contributed by atoms with van der Waals surface area (Å²) in [6.07, 6.45) is 3.24. The van der Waals surface area contributed by atoms with Crippen molar-refractivity contribution in [3.63, 3.8) is 0 Å². The first kappa shape index (κ1) is 29.1. The zero-order valence-corrected chi connectivity index (χ0v) is 24.5. The SMILES string of the molecule is CNC(=O)CC1CN(c2cccc(-c3ccc4cnc(CNC(=O)c5ccc(C)c(S(C)(=O)=O)c5)cc4n3)n2)CCN1. The van der Waals surface area contributed by atoms with Crippen LogP contribution in [-0.2, 0) is 21.2 Å². The van der Waals surface area contributed by atoms with Crippen LogP contribution in [0, 0.1) is 6.92 Å². The average Bonchev–Trinajstić information content (AvgIpc) is 2.99. The molecule has 0 bridgehead atoms. The number of carbonyl (C=O) groups is 2. The summed E-state index contributed by atoms with van der Waals surface area (Å²) in [5.74, 6) is 0.433. The molecule has 2 amide bonds. The van der Waals surface area contributed by atoms with Gasteiger partial charge in [0, 0.05) is 62.5 Å². The van der Waals surface area contributed by atoms with Crippen LogP contribution in [0.3, 0.4) is 0 Å². The number of nitrogens with zero attached hydrogens (tertiary/aromatic N) is 4. The number of rotatable bonds is 8. The number of fused-ring (bicyclic) bond motifs is 1. The van der Waals surface area contributed by atoms with Crippen molar-refractivity contribution < 1.29 is 18.0 Å². The minimum atomic E-state index is -3.45. The van der Waals surface area contributed by atoms with E-state index in [1.807, 2.05) is 36.4 Å². The van der Waals surface area contributed by atoms with E-state index in [-0.39, 0.29) is 29.0 Å². The number of aromatic nitrogens is 3. The van der Waals surface area contributed by atoms with Crippen LogP contribution in [0.1, 0.15) is 28.0 Å². The molecule has 0 saturated carbocycles. The number of hydrogen-bond donors (Lipinski definition) is 3. The maximum Gasteiger partial charge on any atom is 0.251 e. The van der Waals surface area contributed by atoms with E-state index in [4.69, 9.17) is 9.97 Å². The zero-order valence-electron chi connectivity index (χ0n) is 23.7. The second-order valence-electron chi connectivity index (χ2n) is 10.4. The Bertz CT molecular complexity index is 1760. The summed E-state index contributed by atoms with van der Waals surface area (Å²) in [6.45, 7) is 4.06. The van der Waals surface area contributed by atoms with Crippen LogP contribution in [0.4, 0.5) is 5.82 Å². The lowest BCUT2D eigenvalue weighted by Gasteiger charge is -2.34. The van der Waals surface area contributed by atoms with Gasteiger partial charge >= 0.3 is 0 Å². The molecular weight excluding hydrogens is 554 g/mol. The Morgan fingerprint density at radius 3 is 2.67 bits per heavy atom. The highest BCUT2D eigenvalue weighted by Gasteiger charge is 2.22. The van der Waals surface area contributed by atoms with Crippen LogP contribution >= 0.6 is 0 Å². The second-order valence-corrected chi connectivity index (χ2v) is 12.3. The van der Waals surface area contributed by atoms with Crippen LogP contribution in [-0.4, -0.2) is 74.2 Å². The van der Waals surface area contributed by atoms with Crippen molar-refractivity contribution in [1.29, 1.82) is 0 Å². The predicted molar refractivity (Wildman–Crippen MR) is 161 cm³/mol. The minimum Gasteiger partial charge on any atom is -0.359 e. The number of pyridine rings is 3. The molecule has 0 aliphatic carbocycles. The fourth-order valence-corrected chi connectivity index (χ4v) is 5.94. The molecule has 1 aliphatic heterocycles. The second kappa shape index (κ2) is 12.2. The fraction of sp³-hybridized carbons (Fsp3) is 0.300. The van der Waals surface area contributed by atoms with Crippen molar-refractivity contribution in [2.45, 2.75) is 30.8 Å². The molecule has 4 aromatic rings.